The summed E-state index contributed by atoms with van der Waals surface area (Å²) in [5.74, 6) is -0.955. The molecular weight excluding hydrogens is 354 g/mol. The summed E-state index contributed by atoms with van der Waals surface area (Å²) < 4.78 is 31.5. The summed E-state index contributed by atoms with van der Waals surface area (Å²) in [6.45, 7) is 1.19. The zero-order chi connectivity index (χ0) is 18.4. The first-order valence-electron chi connectivity index (χ1n) is 7.64. The number of rotatable bonds is 8. The molecular formula is C14H19N3O7S. The van der Waals surface area contributed by atoms with Crippen LogP contribution in [0.1, 0.15) is 12.8 Å². The Morgan fingerprint density at radius 3 is 2.64 bits per heavy atom. The zero-order valence-electron chi connectivity index (χ0n) is 13.4. The lowest BCUT2D eigenvalue weighted by molar-refractivity contribution is -0.384. The number of anilines is 1. The van der Waals surface area contributed by atoms with Gasteiger partial charge in [0.15, 0.2) is 0 Å². The van der Waals surface area contributed by atoms with E-state index < -0.39 is 20.9 Å². The number of nitrogens with zero attached hydrogens (tertiary/aromatic N) is 2. The van der Waals surface area contributed by atoms with E-state index in [2.05, 4.69) is 5.32 Å². The van der Waals surface area contributed by atoms with Crippen molar-refractivity contribution in [2.45, 2.75) is 17.7 Å². The molecule has 0 aliphatic carbocycles. The van der Waals surface area contributed by atoms with Crippen LogP contribution in [0.4, 0.5) is 11.4 Å². The lowest BCUT2D eigenvalue weighted by Crippen LogP contribution is -2.40. The number of carboxylic acid groups (broad SMARTS) is 1. The van der Waals surface area contributed by atoms with E-state index in [4.69, 9.17) is 9.84 Å². The molecule has 0 amide bonds. The van der Waals surface area contributed by atoms with Crippen LogP contribution in [0.2, 0.25) is 0 Å². The Hall–Kier alpha value is -2.24. The van der Waals surface area contributed by atoms with Gasteiger partial charge in [0.25, 0.3) is 5.69 Å². The van der Waals surface area contributed by atoms with Gasteiger partial charge < -0.3 is 15.2 Å². The molecule has 25 heavy (non-hydrogen) atoms. The molecule has 1 aromatic rings. The quantitative estimate of drug-likeness (QED) is 0.389. The highest BCUT2D eigenvalue weighted by Crippen LogP contribution is 2.29. The standard InChI is InChI=1S/C14H19N3O7S/c18-14(19)2-1-5-15-12-4-3-11(10-13(12)17(20)21)25(22,23)16-6-8-24-9-7-16/h3-4,10,15H,1-2,5-9H2,(H,18,19). The number of sulfonamides is 1. The second-order valence-corrected chi connectivity index (χ2v) is 7.31. The molecule has 0 radical (unpaired) electrons. The molecule has 11 heteroatoms. The van der Waals surface area contributed by atoms with Crippen LogP contribution in [0.15, 0.2) is 23.1 Å². The van der Waals surface area contributed by atoms with Crippen LogP contribution in [0.25, 0.3) is 0 Å². The molecule has 1 heterocycles. The monoisotopic (exact) mass is 373 g/mol. The molecule has 10 nitrogen and oxygen atoms in total. The molecule has 0 saturated carbocycles. The Morgan fingerprint density at radius 2 is 2.04 bits per heavy atom. The summed E-state index contributed by atoms with van der Waals surface area (Å²) in [5, 5.41) is 22.6. The zero-order valence-corrected chi connectivity index (χ0v) is 14.2. The first-order valence-corrected chi connectivity index (χ1v) is 9.08. The highest BCUT2D eigenvalue weighted by molar-refractivity contribution is 7.89. The van der Waals surface area contributed by atoms with Crippen LogP contribution in [-0.4, -0.2) is 61.6 Å². The maximum atomic E-state index is 12.6. The predicted octanol–water partition coefficient (Wildman–Crippen LogP) is 0.892. The molecule has 2 N–H and O–H groups in total. The van der Waals surface area contributed by atoms with Crippen LogP contribution in [0.3, 0.4) is 0 Å². The maximum absolute atomic E-state index is 12.6. The lowest BCUT2D eigenvalue weighted by atomic mass is 10.2. The van der Waals surface area contributed by atoms with Gasteiger partial charge in [-0.3, -0.25) is 14.9 Å². The predicted molar refractivity (Wildman–Crippen MR) is 88.0 cm³/mol. The van der Waals surface area contributed by atoms with Crippen LogP contribution < -0.4 is 5.32 Å². The van der Waals surface area contributed by atoms with Crippen molar-refractivity contribution in [1.82, 2.24) is 4.31 Å². The van der Waals surface area contributed by atoms with Gasteiger partial charge in [-0.25, -0.2) is 8.42 Å². The molecule has 0 atom stereocenters. The van der Waals surface area contributed by atoms with Crippen molar-refractivity contribution in [1.29, 1.82) is 0 Å². The van der Waals surface area contributed by atoms with Crippen molar-refractivity contribution in [3.05, 3.63) is 28.3 Å². The average Bonchev–Trinajstić information content (AvgIpc) is 2.59. The number of hydrogen-bond acceptors (Lipinski definition) is 7. The van der Waals surface area contributed by atoms with E-state index in [-0.39, 0.29) is 55.5 Å². The highest BCUT2D eigenvalue weighted by Gasteiger charge is 2.28. The minimum Gasteiger partial charge on any atom is -0.481 e. The van der Waals surface area contributed by atoms with E-state index in [0.717, 1.165) is 6.07 Å². The van der Waals surface area contributed by atoms with Crippen LogP contribution in [0.5, 0.6) is 0 Å². The SMILES string of the molecule is O=C(O)CCCNc1ccc(S(=O)(=O)N2CCOCC2)cc1[N+](=O)[O-]. The molecule has 1 aromatic carbocycles. The van der Waals surface area contributed by atoms with Gasteiger partial charge in [-0.05, 0) is 18.6 Å². The summed E-state index contributed by atoms with van der Waals surface area (Å²) in [7, 11) is -3.83. The highest BCUT2D eigenvalue weighted by atomic mass is 32.2. The van der Waals surface area contributed by atoms with Crippen LogP contribution >= 0.6 is 0 Å². The van der Waals surface area contributed by atoms with Gasteiger partial charge in [0, 0.05) is 32.1 Å². The minimum absolute atomic E-state index is 0.0652. The molecule has 0 aromatic heterocycles. The summed E-state index contributed by atoms with van der Waals surface area (Å²) in [4.78, 5) is 20.9. The maximum Gasteiger partial charge on any atom is 0.303 e. The van der Waals surface area contributed by atoms with Crippen molar-refractivity contribution in [2.24, 2.45) is 0 Å². The number of nitrogens with one attached hydrogen (secondary N) is 1. The molecule has 0 unspecified atom stereocenters. The van der Waals surface area contributed by atoms with Crippen molar-refractivity contribution in [3.8, 4) is 0 Å². The number of nitro benzene ring substituents is 1. The fourth-order valence-corrected chi connectivity index (χ4v) is 3.80. The van der Waals surface area contributed by atoms with Gasteiger partial charge in [-0.2, -0.15) is 4.31 Å². The molecule has 0 spiro atoms. The second-order valence-electron chi connectivity index (χ2n) is 5.38. The Balaban J connectivity index is 2.19. The van der Waals surface area contributed by atoms with Gasteiger partial charge >= 0.3 is 5.97 Å². The van der Waals surface area contributed by atoms with Gasteiger partial charge in [-0.1, -0.05) is 0 Å². The number of carbonyl (C=O) groups is 1. The number of aliphatic carboxylic acids is 1. The summed E-state index contributed by atoms with van der Waals surface area (Å²) >= 11 is 0. The van der Waals surface area contributed by atoms with Gasteiger partial charge in [0.2, 0.25) is 10.0 Å². The van der Waals surface area contributed by atoms with Gasteiger partial charge in [-0.15, -0.1) is 0 Å². The molecule has 1 aliphatic rings. The molecule has 1 saturated heterocycles. The Bertz CT molecular complexity index is 745. The number of ether oxygens (including phenoxy) is 1. The molecule has 1 fully saturated rings. The van der Waals surface area contributed by atoms with Crippen molar-refractivity contribution in [2.75, 3.05) is 38.2 Å². The third kappa shape index (κ3) is 4.87. The first kappa shape index (κ1) is 19.1. The lowest BCUT2D eigenvalue weighted by Gasteiger charge is -2.26. The average molecular weight is 373 g/mol. The van der Waals surface area contributed by atoms with Crippen molar-refractivity contribution >= 4 is 27.4 Å². The number of hydrogen-bond donors (Lipinski definition) is 2. The van der Waals surface area contributed by atoms with E-state index >= 15 is 0 Å². The Kier molecular flexibility index (Phi) is 6.28. The van der Waals surface area contributed by atoms with Gasteiger partial charge in [0.05, 0.1) is 23.0 Å². The van der Waals surface area contributed by atoms with Gasteiger partial charge in [0.1, 0.15) is 5.69 Å². The summed E-state index contributed by atoms with van der Waals surface area (Å²) in [6, 6.07) is 3.65. The molecule has 138 valence electrons. The van der Waals surface area contributed by atoms with Crippen LogP contribution in [-0.2, 0) is 19.6 Å². The van der Waals surface area contributed by atoms with Crippen LogP contribution in [0, 0.1) is 10.1 Å². The second kappa shape index (κ2) is 8.23. The number of carboxylic acids is 1. The fraction of sp³-hybridized carbons (Fsp3) is 0.500. The third-order valence-corrected chi connectivity index (χ3v) is 5.55. The third-order valence-electron chi connectivity index (χ3n) is 3.66. The number of nitro groups is 1. The Labute approximate surface area is 144 Å². The van der Waals surface area contributed by atoms with E-state index in [0.29, 0.717) is 6.42 Å². The largest absolute Gasteiger partial charge is 0.481 e. The smallest absolute Gasteiger partial charge is 0.303 e. The Morgan fingerprint density at radius 1 is 1.36 bits per heavy atom. The summed E-state index contributed by atoms with van der Waals surface area (Å²) in [6.07, 6.45) is 0.227. The van der Waals surface area contributed by atoms with E-state index in [1.54, 1.807) is 0 Å². The molecule has 0 bridgehead atoms. The normalized spacial score (nSPS) is 15.7. The van der Waals surface area contributed by atoms with E-state index in [1.165, 1.54) is 16.4 Å². The fourth-order valence-electron chi connectivity index (χ4n) is 2.37. The minimum atomic E-state index is -3.83. The number of morpholine rings is 1. The number of benzene rings is 1. The van der Waals surface area contributed by atoms with E-state index in [1.807, 2.05) is 0 Å². The van der Waals surface area contributed by atoms with E-state index in [9.17, 15) is 23.3 Å². The molecule has 2 rings (SSSR count). The first-order chi connectivity index (χ1) is 11.8. The van der Waals surface area contributed by atoms with Crippen molar-refractivity contribution in [3.63, 3.8) is 0 Å². The molecule has 1 aliphatic heterocycles. The summed E-state index contributed by atoms with van der Waals surface area (Å²) in [5.41, 5.74) is -0.221. The van der Waals surface area contributed by atoms with Crippen molar-refractivity contribution < 1.29 is 28.0 Å². The topological polar surface area (TPSA) is 139 Å².